The van der Waals surface area contributed by atoms with Crippen molar-refractivity contribution in [1.82, 2.24) is 14.7 Å². The summed E-state index contributed by atoms with van der Waals surface area (Å²) in [6, 6.07) is 8.03. The first-order valence-electron chi connectivity index (χ1n) is 9.98. The molecule has 1 saturated heterocycles. The van der Waals surface area contributed by atoms with E-state index in [0.29, 0.717) is 37.2 Å². The van der Waals surface area contributed by atoms with Gasteiger partial charge in [-0.05, 0) is 37.7 Å². The Morgan fingerprint density at radius 1 is 1.14 bits per heavy atom. The lowest BCUT2D eigenvalue weighted by molar-refractivity contribution is -0.137. The number of carbonyl (C=O) groups is 2. The van der Waals surface area contributed by atoms with Crippen molar-refractivity contribution >= 4 is 23.5 Å². The van der Waals surface area contributed by atoms with Crippen LogP contribution in [0.3, 0.4) is 0 Å². The number of ether oxygens (including phenoxy) is 1. The van der Waals surface area contributed by atoms with Crippen LogP contribution >= 0.6 is 11.6 Å². The highest BCUT2D eigenvalue weighted by Crippen LogP contribution is 2.23. The second kappa shape index (κ2) is 8.99. The van der Waals surface area contributed by atoms with Crippen molar-refractivity contribution in [2.45, 2.75) is 40.7 Å². The van der Waals surface area contributed by atoms with E-state index in [9.17, 15) is 9.59 Å². The van der Waals surface area contributed by atoms with E-state index in [4.69, 9.17) is 16.3 Å². The van der Waals surface area contributed by atoms with E-state index in [0.717, 1.165) is 12.0 Å². The Morgan fingerprint density at radius 2 is 1.76 bits per heavy atom. The highest BCUT2D eigenvalue weighted by atomic mass is 35.5. The number of esters is 1. The average molecular weight is 418 g/mol. The lowest BCUT2D eigenvalue weighted by Gasteiger charge is -2.34. The SMILES string of the molecule is Cc1ccc(Cn2nc(C)c(C(=O)OCC(=O)N3C[C@H](C)C[C@H](C)C3)c2Cl)cc1. The topological polar surface area (TPSA) is 64.4 Å². The molecule has 1 amide bonds. The summed E-state index contributed by atoms with van der Waals surface area (Å²) in [6.45, 7) is 9.58. The highest BCUT2D eigenvalue weighted by molar-refractivity contribution is 6.32. The van der Waals surface area contributed by atoms with Crippen molar-refractivity contribution in [1.29, 1.82) is 0 Å². The van der Waals surface area contributed by atoms with E-state index in [2.05, 4.69) is 18.9 Å². The monoisotopic (exact) mass is 417 g/mol. The number of piperidine rings is 1. The fourth-order valence-electron chi connectivity index (χ4n) is 3.91. The van der Waals surface area contributed by atoms with Gasteiger partial charge >= 0.3 is 5.97 Å². The summed E-state index contributed by atoms with van der Waals surface area (Å²) in [5.74, 6) is 0.122. The van der Waals surface area contributed by atoms with Gasteiger partial charge in [0.15, 0.2) is 6.61 Å². The van der Waals surface area contributed by atoms with Crippen LogP contribution in [0.5, 0.6) is 0 Å². The maximum atomic E-state index is 12.6. The lowest BCUT2D eigenvalue weighted by Crippen LogP contribution is -2.44. The average Bonchev–Trinajstić information content (AvgIpc) is 2.94. The molecule has 0 saturated carbocycles. The first-order chi connectivity index (χ1) is 13.7. The maximum Gasteiger partial charge on any atom is 0.343 e. The van der Waals surface area contributed by atoms with E-state index in [1.165, 1.54) is 5.56 Å². The van der Waals surface area contributed by atoms with E-state index in [1.54, 1.807) is 16.5 Å². The summed E-state index contributed by atoms with van der Waals surface area (Å²) in [6.07, 6.45) is 1.11. The van der Waals surface area contributed by atoms with Crippen LogP contribution in [0.1, 0.15) is 47.4 Å². The fraction of sp³-hybridized carbons (Fsp3) is 0.500. The van der Waals surface area contributed by atoms with E-state index in [1.807, 2.05) is 31.2 Å². The third kappa shape index (κ3) is 5.18. The minimum Gasteiger partial charge on any atom is -0.452 e. The van der Waals surface area contributed by atoms with Gasteiger partial charge in [-0.1, -0.05) is 55.3 Å². The zero-order chi connectivity index (χ0) is 21.1. The van der Waals surface area contributed by atoms with Crippen molar-refractivity contribution < 1.29 is 14.3 Å². The van der Waals surface area contributed by atoms with Crippen LogP contribution in [0.4, 0.5) is 0 Å². The summed E-state index contributed by atoms with van der Waals surface area (Å²) in [4.78, 5) is 26.8. The molecule has 3 rings (SSSR count). The molecule has 7 heteroatoms. The number of benzene rings is 1. The zero-order valence-electron chi connectivity index (χ0n) is 17.4. The molecule has 29 heavy (non-hydrogen) atoms. The summed E-state index contributed by atoms with van der Waals surface area (Å²) in [5.41, 5.74) is 2.90. The van der Waals surface area contributed by atoms with Gasteiger partial charge in [0.05, 0.1) is 12.2 Å². The Labute approximate surface area is 176 Å². The smallest absolute Gasteiger partial charge is 0.343 e. The number of aryl methyl sites for hydroxylation is 2. The van der Waals surface area contributed by atoms with Crippen molar-refractivity contribution in [2.24, 2.45) is 11.8 Å². The van der Waals surface area contributed by atoms with Gasteiger partial charge in [-0.3, -0.25) is 4.79 Å². The molecule has 2 atom stereocenters. The molecule has 6 nitrogen and oxygen atoms in total. The standard InChI is InChI=1S/C22H28ClN3O3/c1-14-5-7-18(8-6-14)12-26-21(23)20(17(4)24-26)22(28)29-13-19(27)25-10-15(2)9-16(3)11-25/h5-8,15-16H,9-13H2,1-4H3/t15-,16+. The van der Waals surface area contributed by atoms with E-state index in [-0.39, 0.29) is 23.2 Å². The molecule has 1 aromatic heterocycles. The second-order valence-corrected chi connectivity index (χ2v) is 8.57. The molecule has 1 aromatic carbocycles. The molecule has 2 heterocycles. The lowest BCUT2D eigenvalue weighted by atomic mass is 9.92. The molecular weight excluding hydrogens is 390 g/mol. The Kier molecular flexibility index (Phi) is 6.63. The Bertz CT molecular complexity index is 881. The quantitative estimate of drug-likeness (QED) is 0.693. The van der Waals surface area contributed by atoms with Crippen LogP contribution in [0, 0.1) is 25.7 Å². The molecule has 0 aliphatic carbocycles. The van der Waals surface area contributed by atoms with Gasteiger partial charge in [0, 0.05) is 13.1 Å². The van der Waals surface area contributed by atoms with Crippen LogP contribution < -0.4 is 0 Å². The molecule has 2 aromatic rings. The van der Waals surface area contributed by atoms with Crippen molar-refractivity contribution in [3.05, 3.63) is 51.8 Å². The van der Waals surface area contributed by atoms with Gasteiger partial charge in [-0.2, -0.15) is 5.10 Å². The molecule has 1 aliphatic heterocycles. The van der Waals surface area contributed by atoms with Crippen molar-refractivity contribution in [2.75, 3.05) is 19.7 Å². The minimum absolute atomic E-state index is 0.169. The fourth-order valence-corrected chi connectivity index (χ4v) is 4.23. The number of likely N-dealkylation sites (tertiary alicyclic amines) is 1. The van der Waals surface area contributed by atoms with Gasteiger partial charge in [-0.25, -0.2) is 9.48 Å². The summed E-state index contributed by atoms with van der Waals surface area (Å²) in [7, 11) is 0. The predicted molar refractivity (Wildman–Crippen MR) is 112 cm³/mol. The van der Waals surface area contributed by atoms with Crippen LogP contribution in [-0.4, -0.2) is 46.3 Å². The zero-order valence-corrected chi connectivity index (χ0v) is 18.2. The number of aromatic nitrogens is 2. The van der Waals surface area contributed by atoms with Gasteiger partial charge in [0.1, 0.15) is 10.7 Å². The molecular formula is C22H28ClN3O3. The third-order valence-electron chi connectivity index (χ3n) is 5.27. The number of hydrogen-bond donors (Lipinski definition) is 0. The number of nitrogens with zero attached hydrogens (tertiary/aromatic N) is 3. The van der Waals surface area contributed by atoms with Crippen LogP contribution in [0.25, 0.3) is 0 Å². The van der Waals surface area contributed by atoms with Gasteiger partial charge in [0.2, 0.25) is 0 Å². The molecule has 156 valence electrons. The van der Waals surface area contributed by atoms with Crippen LogP contribution in [-0.2, 0) is 16.1 Å². The normalized spacial score (nSPS) is 19.3. The molecule has 0 radical (unpaired) electrons. The first-order valence-corrected chi connectivity index (χ1v) is 10.4. The molecule has 0 N–H and O–H groups in total. The number of carbonyl (C=O) groups excluding carboxylic acids is 2. The first kappa shape index (κ1) is 21.4. The van der Waals surface area contributed by atoms with Gasteiger partial charge < -0.3 is 9.64 Å². The molecule has 0 spiro atoms. The summed E-state index contributed by atoms with van der Waals surface area (Å²) >= 11 is 6.41. The number of amides is 1. The van der Waals surface area contributed by atoms with E-state index >= 15 is 0 Å². The molecule has 1 aliphatic rings. The Morgan fingerprint density at radius 3 is 2.38 bits per heavy atom. The number of rotatable bonds is 5. The van der Waals surface area contributed by atoms with Gasteiger partial charge in [0.25, 0.3) is 5.91 Å². The largest absolute Gasteiger partial charge is 0.452 e. The highest BCUT2D eigenvalue weighted by Gasteiger charge is 2.27. The number of hydrogen-bond acceptors (Lipinski definition) is 4. The molecule has 0 bridgehead atoms. The number of halogens is 1. The molecule has 1 fully saturated rings. The van der Waals surface area contributed by atoms with Gasteiger partial charge in [-0.15, -0.1) is 0 Å². The van der Waals surface area contributed by atoms with Crippen LogP contribution in [0.15, 0.2) is 24.3 Å². The summed E-state index contributed by atoms with van der Waals surface area (Å²) < 4.78 is 6.86. The second-order valence-electron chi connectivity index (χ2n) is 8.22. The van der Waals surface area contributed by atoms with Crippen molar-refractivity contribution in [3.63, 3.8) is 0 Å². The van der Waals surface area contributed by atoms with E-state index < -0.39 is 5.97 Å². The minimum atomic E-state index is -0.617. The summed E-state index contributed by atoms with van der Waals surface area (Å²) in [5, 5.41) is 4.60. The Hall–Kier alpha value is -2.34. The van der Waals surface area contributed by atoms with Crippen molar-refractivity contribution in [3.8, 4) is 0 Å². The molecule has 0 unspecified atom stereocenters. The van der Waals surface area contributed by atoms with Crippen LogP contribution in [0.2, 0.25) is 5.15 Å². The third-order valence-corrected chi connectivity index (χ3v) is 5.65. The Balaban J connectivity index is 1.64. The predicted octanol–water partition coefficient (Wildman–Crippen LogP) is 3.86. The maximum absolute atomic E-state index is 12.6.